The molecular formula is C15H14O2. The summed E-state index contributed by atoms with van der Waals surface area (Å²) in [4.78, 5) is 11.6. The quantitative estimate of drug-likeness (QED) is 0.626. The number of aliphatic hydroxyl groups is 1. The zero-order valence-electron chi connectivity index (χ0n) is 9.90. The monoisotopic (exact) mass is 226 g/mol. The maximum atomic E-state index is 11.6. The average Bonchev–Trinajstić information content (AvgIpc) is 2.28. The summed E-state index contributed by atoms with van der Waals surface area (Å²) in [6.07, 6.45) is 0. The average molecular weight is 226 g/mol. The SMILES string of the molecule is CC(=O)/C(=C(/C)O)c1cccc2ccccc12. The second-order valence-corrected chi connectivity index (χ2v) is 4.04. The number of benzene rings is 2. The standard InChI is InChI=1S/C15H14O2/c1-10(16)15(11(2)17)14-9-5-7-12-6-3-4-8-13(12)14/h3-9,16H,1-2H3/b15-10+. The lowest BCUT2D eigenvalue weighted by Gasteiger charge is -2.09. The van der Waals surface area contributed by atoms with Crippen molar-refractivity contribution in [1.82, 2.24) is 0 Å². The van der Waals surface area contributed by atoms with Crippen LogP contribution in [0.15, 0.2) is 48.2 Å². The van der Waals surface area contributed by atoms with Crippen LogP contribution in [-0.2, 0) is 4.79 Å². The minimum absolute atomic E-state index is 0.0638. The van der Waals surface area contributed by atoms with Crippen molar-refractivity contribution < 1.29 is 9.90 Å². The fourth-order valence-electron chi connectivity index (χ4n) is 2.08. The van der Waals surface area contributed by atoms with Gasteiger partial charge in [0, 0.05) is 0 Å². The van der Waals surface area contributed by atoms with Gasteiger partial charge in [0.1, 0.15) is 5.76 Å². The highest BCUT2D eigenvalue weighted by molar-refractivity contribution is 6.23. The Morgan fingerprint density at radius 2 is 1.65 bits per heavy atom. The van der Waals surface area contributed by atoms with E-state index in [1.165, 1.54) is 6.92 Å². The van der Waals surface area contributed by atoms with E-state index in [1.807, 2.05) is 42.5 Å². The van der Waals surface area contributed by atoms with Gasteiger partial charge in [0.2, 0.25) is 0 Å². The lowest BCUT2D eigenvalue weighted by atomic mass is 9.95. The Labute approximate surface area is 100 Å². The summed E-state index contributed by atoms with van der Waals surface area (Å²) in [5.74, 6) is -0.0600. The van der Waals surface area contributed by atoms with E-state index < -0.39 is 0 Å². The largest absolute Gasteiger partial charge is 0.512 e. The van der Waals surface area contributed by atoms with Gasteiger partial charge >= 0.3 is 0 Å². The van der Waals surface area contributed by atoms with Crippen LogP contribution in [0.5, 0.6) is 0 Å². The van der Waals surface area contributed by atoms with Gasteiger partial charge < -0.3 is 5.11 Å². The summed E-state index contributed by atoms with van der Waals surface area (Å²) in [5.41, 5.74) is 1.18. The molecule has 1 N–H and O–H groups in total. The van der Waals surface area contributed by atoms with Crippen LogP contribution in [0.4, 0.5) is 0 Å². The number of hydrogen-bond acceptors (Lipinski definition) is 2. The molecule has 0 radical (unpaired) electrons. The zero-order valence-corrected chi connectivity index (χ0v) is 9.90. The van der Waals surface area contributed by atoms with Gasteiger partial charge in [-0.2, -0.15) is 0 Å². The van der Waals surface area contributed by atoms with Gasteiger partial charge in [-0.15, -0.1) is 0 Å². The molecule has 0 heterocycles. The Bertz CT molecular complexity index is 600. The predicted octanol–water partition coefficient (Wildman–Crippen LogP) is 3.72. The summed E-state index contributed by atoms with van der Waals surface area (Å²) in [7, 11) is 0. The fourth-order valence-corrected chi connectivity index (χ4v) is 2.08. The normalized spacial score (nSPS) is 12.4. The first kappa shape index (κ1) is 11.4. The number of rotatable bonds is 2. The first-order valence-corrected chi connectivity index (χ1v) is 5.50. The molecule has 0 atom stereocenters. The van der Waals surface area contributed by atoms with Gasteiger partial charge in [-0.05, 0) is 30.2 Å². The van der Waals surface area contributed by atoms with Crippen LogP contribution in [-0.4, -0.2) is 10.9 Å². The molecule has 2 heteroatoms. The molecule has 86 valence electrons. The van der Waals surface area contributed by atoms with Crippen molar-refractivity contribution >= 4 is 22.1 Å². The van der Waals surface area contributed by atoms with Crippen LogP contribution in [0.2, 0.25) is 0 Å². The van der Waals surface area contributed by atoms with Crippen molar-refractivity contribution in [1.29, 1.82) is 0 Å². The van der Waals surface area contributed by atoms with Gasteiger partial charge in [0.15, 0.2) is 5.78 Å². The Balaban J connectivity index is 2.79. The van der Waals surface area contributed by atoms with Crippen molar-refractivity contribution in [3.05, 3.63) is 53.8 Å². The van der Waals surface area contributed by atoms with E-state index in [-0.39, 0.29) is 11.5 Å². The number of aliphatic hydroxyl groups excluding tert-OH is 1. The number of carbonyl (C=O) groups is 1. The number of fused-ring (bicyclic) bond motifs is 1. The summed E-state index contributed by atoms with van der Waals surface area (Å²) >= 11 is 0. The van der Waals surface area contributed by atoms with Crippen molar-refractivity contribution in [2.45, 2.75) is 13.8 Å². The molecule has 17 heavy (non-hydrogen) atoms. The van der Waals surface area contributed by atoms with E-state index in [9.17, 15) is 9.90 Å². The van der Waals surface area contributed by atoms with Crippen LogP contribution in [0.3, 0.4) is 0 Å². The smallest absolute Gasteiger partial charge is 0.163 e. The van der Waals surface area contributed by atoms with Gasteiger partial charge in [0.05, 0.1) is 5.57 Å². The molecule has 0 aliphatic rings. The lowest BCUT2D eigenvalue weighted by molar-refractivity contribution is -0.111. The first-order valence-electron chi connectivity index (χ1n) is 5.50. The molecule has 0 saturated heterocycles. The molecule has 0 aliphatic heterocycles. The first-order chi connectivity index (χ1) is 8.11. The molecule has 0 bridgehead atoms. The third-order valence-corrected chi connectivity index (χ3v) is 2.77. The van der Waals surface area contributed by atoms with Crippen LogP contribution in [0, 0.1) is 0 Å². The van der Waals surface area contributed by atoms with Crippen LogP contribution in [0.25, 0.3) is 16.3 Å². The van der Waals surface area contributed by atoms with Crippen molar-refractivity contribution in [2.75, 3.05) is 0 Å². The maximum absolute atomic E-state index is 11.6. The van der Waals surface area contributed by atoms with Crippen LogP contribution in [0.1, 0.15) is 19.4 Å². The van der Waals surface area contributed by atoms with Crippen molar-refractivity contribution in [2.24, 2.45) is 0 Å². The van der Waals surface area contributed by atoms with E-state index in [0.29, 0.717) is 5.57 Å². The Kier molecular flexibility index (Phi) is 2.96. The molecule has 0 amide bonds. The van der Waals surface area contributed by atoms with Gasteiger partial charge in [-0.25, -0.2) is 0 Å². The third-order valence-electron chi connectivity index (χ3n) is 2.77. The van der Waals surface area contributed by atoms with Gasteiger partial charge in [-0.3, -0.25) is 4.79 Å². The minimum Gasteiger partial charge on any atom is -0.512 e. The van der Waals surface area contributed by atoms with Crippen LogP contribution < -0.4 is 0 Å². The summed E-state index contributed by atoms with van der Waals surface area (Å²) < 4.78 is 0. The van der Waals surface area contributed by atoms with Crippen molar-refractivity contribution in [3.8, 4) is 0 Å². The summed E-state index contributed by atoms with van der Waals surface area (Å²) in [5, 5.41) is 11.7. The number of Topliss-reactive ketones (excluding diaryl/α,β-unsaturated/α-hetero) is 1. The number of hydrogen-bond donors (Lipinski definition) is 1. The molecule has 0 spiro atoms. The number of carbonyl (C=O) groups excluding carboxylic acids is 1. The number of ketones is 1. The highest BCUT2D eigenvalue weighted by Crippen LogP contribution is 2.27. The predicted molar refractivity (Wildman–Crippen MR) is 69.9 cm³/mol. The number of allylic oxidation sites excluding steroid dienone is 2. The summed E-state index contributed by atoms with van der Waals surface area (Å²) in [6, 6.07) is 13.6. The topological polar surface area (TPSA) is 37.3 Å². The van der Waals surface area contributed by atoms with E-state index in [1.54, 1.807) is 6.92 Å². The van der Waals surface area contributed by atoms with E-state index in [4.69, 9.17) is 0 Å². The highest BCUT2D eigenvalue weighted by atomic mass is 16.3. The second kappa shape index (κ2) is 4.42. The third kappa shape index (κ3) is 2.07. The Hall–Kier alpha value is -2.09. The lowest BCUT2D eigenvalue weighted by Crippen LogP contribution is -2.00. The molecular weight excluding hydrogens is 212 g/mol. The Morgan fingerprint density at radius 3 is 2.29 bits per heavy atom. The molecule has 0 unspecified atom stereocenters. The van der Waals surface area contributed by atoms with Gasteiger partial charge in [-0.1, -0.05) is 42.5 Å². The molecule has 2 aromatic rings. The Morgan fingerprint density at radius 1 is 1.00 bits per heavy atom. The van der Waals surface area contributed by atoms with E-state index in [0.717, 1.165) is 16.3 Å². The molecule has 2 aromatic carbocycles. The van der Waals surface area contributed by atoms with Crippen LogP contribution >= 0.6 is 0 Å². The molecule has 0 saturated carbocycles. The molecule has 2 nitrogen and oxygen atoms in total. The molecule has 0 aliphatic carbocycles. The maximum Gasteiger partial charge on any atom is 0.163 e. The second-order valence-electron chi connectivity index (χ2n) is 4.04. The highest BCUT2D eigenvalue weighted by Gasteiger charge is 2.13. The minimum atomic E-state index is -0.124. The zero-order chi connectivity index (χ0) is 12.4. The van der Waals surface area contributed by atoms with Gasteiger partial charge in [0.25, 0.3) is 0 Å². The van der Waals surface area contributed by atoms with Crippen molar-refractivity contribution in [3.63, 3.8) is 0 Å². The van der Waals surface area contributed by atoms with E-state index in [2.05, 4.69) is 0 Å². The molecule has 0 aromatic heterocycles. The summed E-state index contributed by atoms with van der Waals surface area (Å²) in [6.45, 7) is 3.01. The fraction of sp³-hybridized carbons (Fsp3) is 0.133. The molecule has 2 rings (SSSR count). The van der Waals surface area contributed by atoms with E-state index >= 15 is 0 Å². The molecule has 0 fully saturated rings.